The third-order valence-corrected chi connectivity index (χ3v) is 8.33. The Balaban J connectivity index is 1.29. The molecule has 1 atom stereocenters. The van der Waals surface area contributed by atoms with Crippen molar-refractivity contribution in [1.82, 2.24) is 9.80 Å². The molecule has 0 amide bonds. The zero-order chi connectivity index (χ0) is 18.4. The van der Waals surface area contributed by atoms with E-state index in [2.05, 4.69) is 41.0 Å². The fourth-order valence-corrected chi connectivity index (χ4v) is 7.32. The van der Waals surface area contributed by atoms with Crippen molar-refractivity contribution in [2.45, 2.75) is 64.1 Å². The predicted molar refractivity (Wildman–Crippen MR) is 109 cm³/mol. The summed E-state index contributed by atoms with van der Waals surface area (Å²) in [6, 6.07) is 10.1. The quantitative estimate of drug-likeness (QED) is 0.859. The van der Waals surface area contributed by atoms with Crippen molar-refractivity contribution >= 4 is 0 Å². The van der Waals surface area contributed by atoms with E-state index in [0.29, 0.717) is 12.6 Å². The maximum Gasteiger partial charge on any atom is 0.0446 e. The van der Waals surface area contributed by atoms with Crippen LogP contribution in [-0.4, -0.2) is 53.2 Å². The predicted octanol–water partition coefficient (Wildman–Crippen LogP) is 3.69. The van der Waals surface area contributed by atoms with Gasteiger partial charge in [-0.15, -0.1) is 0 Å². The van der Waals surface area contributed by atoms with Crippen molar-refractivity contribution in [3.05, 3.63) is 35.4 Å². The van der Waals surface area contributed by atoms with Gasteiger partial charge in [-0.3, -0.25) is 9.80 Å². The van der Waals surface area contributed by atoms with E-state index in [4.69, 9.17) is 0 Å². The molecule has 0 aromatic heterocycles. The number of rotatable bonds is 5. The lowest BCUT2D eigenvalue weighted by Crippen LogP contribution is -2.62. The molecule has 1 aromatic rings. The largest absolute Gasteiger partial charge is 0.396 e. The van der Waals surface area contributed by atoms with E-state index in [1.165, 1.54) is 56.3 Å². The summed E-state index contributed by atoms with van der Waals surface area (Å²) in [5.74, 6) is 4.05. The normalized spacial score (nSPS) is 39.2. The molecular weight excluding hydrogens is 332 g/mol. The third-order valence-electron chi connectivity index (χ3n) is 8.33. The van der Waals surface area contributed by atoms with E-state index in [0.717, 1.165) is 49.2 Å². The van der Waals surface area contributed by atoms with Crippen LogP contribution in [0.15, 0.2) is 24.3 Å². The lowest BCUT2D eigenvalue weighted by atomic mass is 9.53. The molecule has 1 aliphatic heterocycles. The van der Waals surface area contributed by atoms with Crippen molar-refractivity contribution in [2.24, 2.45) is 23.7 Å². The molecular formula is C24H36N2O. The number of aliphatic hydroxyl groups excluding tert-OH is 1. The summed E-state index contributed by atoms with van der Waals surface area (Å²) in [6.07, 6.45) is 8.47. The van der Waals surface area contributed by atoms with E-state index < -0.39 is 0 Å². The first kappa shape index (κ1) is 18.1. The molecule has 148 valence electrons. The van der Waals surface area contributed by atoms with Crippen LogP contribution in [0.3, 0.4) is 0 Å². The molecule has 1 heterocycles. The Morgan fingerprint density at radius 1 is 0.963 bits per heavy atom. The highest BCUT2D eigenvalue weighted by Gasteiger charge is 2.50. The average Bonchev–Trinajstić information content (AvgIpc) is 2.65. The monoisotopic (exact) mass is 368 g/mol. The number of hydrogen-bond donors (Lipinski definition) is 1. The summed E-state index contributed by atoms with van der Waals surface area (Å²) in [4.78, 5) is 5.51. The van der Waals surface area contributed by atoms with Gasteiger partial charge < -0.3 is 5.11 Å². The van der Waals surface area contributed by atoms with Gasteiger partial charge in [-0.05, 0) is 80.2 Å². The van der Waals surface area contributed by atoms with Crippen molar-refractivity contribution in [3.63, 3.8) is 0 Å². The zero-order valence-corrected chi connectivity index (χ0v) is 16.9. The first-order chi connectivity index (χ1) is 13.2. The van der Waals surface area contributed by atoms with Crippen LogP contribution >= 0.6 is 0 Å². The van der Waals surface area contributed by atoms with Crippen molar-refractivity contribution < 1.29 is 5.11 Å². The fraction of sp³-hybridized carbons (Fsp3) is 0.750. The van der Waals surface area contributed by atoms with Crippen LogP contribution in [0.2, 0.25) is 0 Å². The second kappa shape index (κ2) is 7.50. The molecule has 5 fully saturated rings. The van der Waals surface area contributed by atoms with Gasteiger partial charge in [0.1, 0.15) is 0 Å². The van der Waals surface area contributed by atoms with E-state index in [1.807, 2.05) is 0 Å². The zero-order valence-electron chi connectivity index (χ0n) is 16.9. The summed E-state index contributed by atoms with van der Waals surface area (Å²) in [7, 11) is 0. The molecule has 5 aliphatic rings. The number of piperazine rings is 1. The van der Waals surface area contributed by atoms with E-state index in [-0.39, 0.29) is 0 Å². The fourth-order valence-electron chi connectivity index (χ4n) is 7.32. The first-order valence-corrected chi connectivity index (χ1v) is 11.3. The highest BCUT2D eigenvalue weighted by atomic mass is 16.3. The van der Waals surface area contributed by atoms with Gasteiger partial charge in [-0.1, -0.05) is 24.3 Å². The Morgan fingerprint density at radius 3 is 2.33 bits per heavy atom. The second-order valence-electron chi connectivity index (χ2n) is 9.98. The standard InChI is InChI=1S/C24H36N2O/c1-17-4-2-3-5-20(17)15-25-7-8-26(16-23(25)6-9-27)24-21-11-18-10-19(13-21)14-22(24)12-18/h2-5,18-19,21-24,27H,6-16H2,1H3. The molecule has 3 heteroatoms. The molecule has 27 heavy (non-hydrogen) atoms. The minimum Gasteiger partial charge on any atom is -0.396 e. The van der Waals surface area contributed by atoms with Gasteiger partial charge in [-0.25, -0.2) is 0 Å². The molecule has 4 bridgehead atoms. The van der Waals surface area contributed by atoms with E-state index >= 15 is 0 Å². The van der Waals surface area contributed by atoms with Crippen LogP contribution in [0.25, 0.3) is 0 Å². The number of aryl methyl sites for hydroxylation is 1. The Morgan fingerprint density at radius 2 is 1.67 bits per heavy atom. The van der Waals surface area contributed by atoms with Gasteiger partial charge in [0.25, 0.3) is 0 Å². The number of hydrogen-bond acceptors (Lipinski definition) is 3. The van der Waals surface area contributed by atoms with Crippen LogP contribution in [0.5, 0.6) is 0 Å². The Kier molecular flexibility index (Phi) is 5.04. The maximum atomic E-state index is 9.71. The summed E-state index contributed by atoms with van der Waals surface area (Å²) in [5, 5.41) is 9.71. The van der Waals surface area contributed by atoms with Crippen molar-refractivity contribution in [2.75, 3.05) is 26.2 Å². The average molecular weight is 369 g/mol. The highest BCUT2D eigenvalue weighted by molar-refractivity contribution is 5.25. The molecule has 0 radical (unpaired) electrons. The van der Waals surface area contributed by atoms with Gasteiger partial charge >= 0.3 is 0 Å². The molecule has 4 saturated carbocycles. The molecule has 6 rings (SSSR count). The van der Waals surface area contributed by atoms with Gasteiger partial charge in [0.15, 0.2) is 0 Å². The van der Waals surface area contributed by atoms with Gasteiger partial charge in [0.05, 0.1) is 0 Å². The lowest BCUT2D eigenvalue weighted by molar-refractivity contribution is -0.0876. The number of aliphatic hydroxyl groups is 1. The smallest absolute Gasteiger partial charge is 0.0446 e. The number of nitrogens with zero attached hydrogens (tertiary/aromatic N) is 2. The first-order valence-electron chi connectivity index (χ1n) is 11.3. The maximum absolute atomic E-state index is 9.71. The van der Waals surface area contributed by atoms with Crippen molar-refractivity contribution in [3.8, 4) is 0 Å². The summed E-state index contributed by atoms with van der Waals surface area (Å²) < 4.78 is 0. The third kappa shape index (κ3) is 3.47. The van der Waals surface area contributed by atoms with Gasteiger partial charge in [0.2, 0.25) is 0 Å². The van der Waals surface area contributed by atoms with Crippen LogP contribution < -0.4 is 0 Å². The van der Waals surface area contributed by atoms with Crippen molar-refractivity contribution in [1.29, 1.82) is 0 Å². The lowest BCUT2D eigenvalue weighted by Gasteiger charge is -2.59. The topological polar surface area (TPSA) is 26.7 Å². The van der Waals surface area contributed by atoms with Gasteiger partial charge in [-0.2, -0.15) is 0 Å². The molecule has 0 spiro atoms. The second-order valence-corrected chi connectivity index (χ2v) is 9.98. The Bertz CT molecular complexity index is 632. The Hall–Kier alpha value is -0.900. The van der Waals surface area contributed by atoms with Crippen LogP contribution in [-0.2, 0) is 6.54 Å². The Labute approximate surface area is 164 Å². The highest BCUT2D eigenvalue weighted by Crippen LogP contribution is 2.55. The summed E-state index contributed by atoms with van der Waals surface area (Å²) in [6.45, 7) is 7.11. The van der Waals surface area contributed by atoms with E-state index in [1.54, 1.807) is 0 Å². The minimum atomic E-state index is 0.310. The molecule has 4 aliphatic carbocycles. The summed E-state index contributed by atoms with van der Waals surface area (Å²) >= 11 is 0. The number of benzene rings is 1. The minimum absolute atomic E-state index is 0.310. The SMILES string of the molecule is Cc1ccccc1CN1CCN(C2C3CC4CC(C3)CC2C4)CC1CCO. The molecule has 1 saturated heterocycles. The van der Waals surface area contributed by atoms with E-state index in [9.17, 15) is 5.11 Å². The van der Waals surface area contributed by atoms with Crippen LogP contribution in [0, 0.1) is 30.6 Å². The molecule has 1 aromatic carbocycles. The van der Waals surface area contributed by atoms with Gasteiger partial charge in [0, 0.05) is 44.9 Å². The molecule has 3 nitrogen and oxygen atoms in total. The van der Waals surface area contributed by atoms with Crippen LogP contribution in [0.1, 0.15) is 49.7 Å². The molecule has 1 N–H and O–H groups in total. The molecule has 1 unspecified atom stereocenters. The van der Waals surface area contributed by atoms with Crippen LogP contribution in [0.4, 0.5) is 0 Å². The summed E-state index contributed by atoms with van der Waals surface area (Å²) in [5.41, 5.74) is 2.84.